The Morgan fingerprint density at radius 1 is 1.41 bits per heavy atom. The second-order valence-electron chi connectivity index (χ2n) is 4.95. The maximum atomic E-state index is 6.27. The molecule has 1 N–H and O–H groups in total. The molecular weight excluding hydrogens is 232 g/mol. The minimum absolute atomic E-state index is 0.823. The highest BCUT2D eigenvalue weighted by molar-refractivity contribution is 6.31. The predicted octanol–water partition coefficient (Wildman–Crippen LogP) is 3.30. The molecule has 1 aromatic carbocycles. The van der Waals surface area contributed by atoms with Crippen LogP contribution < -0.4 is 10.2 Å². The van der Waals surface area contributed by atoms with Gasteiger partial charge in [0.2, 0.25) is 0 Å². The van der Waals surface area contributed by atoms with Gasteiger partial charge in [-0.3, -0.25) is 0 Å². The van der Waals surface area contributed by atoms with E-state index < -0.39 is 0 Å². The lowest BCUT2D eigenvalue weighted by molar-refractivity contribution is 0.321. The van der Waals surface area contributed by atoms with Gasteiger partial charge in [-0.15, -0.1) is 0 Å². The van der Waals surface area contributed by atoms with E-state index in [0.717, 1.165) is 24.0 Å². The summed E-state index contributed by atoms with van der Waals surface area (Å²) in [5.41, 5.74) is 2.47. The van der Waals surface area contributed by atoms with Crippen LogP contribution in [0.5, 0.6) is 0 Å². The Morgan fingerprint density at radius 2 is 2.18 bits per heavy atom. The van der Waals surface area contributed by atoms with Gasteiger partial charge < -0.3 is 10.2 Å². The molecule has 0 amide bonds. The molecule has 2 nitrogen and oxygen atoms in total. The molecule has 3 heteroatoms. The van der Waals surface area contributed by atoms with Gasteiger partial charge in [-0.05, 0) is 37.9 Å². The molecule has 2 rings (SSSR count). The van der Waals surface area contributed by atoms with Crippen molar-refractivity contribution in [2.24, 2.45) is 5.92 Å². The number of nitrogens with zero attached hydrogens (tertiary/aromatic N) is 1. The van der Waals surface area contributed by atoms with Crippen LogP contribution in [0.4, 0.5) is 5.69 Å². The van der Waals surface area contributed by atoms with Crippen molar-refractivity contribution < 1.29 is 0 Å². The molecule has 1 aliphatic carbocycles. The highest BCUT2D eigenvalue weighted by atomic mass is 35.5. The van der Waals surface area contributed by atoms with Gasteiger partial charge in [0.1, 0.15) is 0 Å². The van der Waals surface area contributed by atoms with Crippen molar-refractivity contribution in [3.8, 4) is 0 Å². The average molecular weight is 253 g/mol. The van der Waals surface area contributed by atoms with Crippen LogP contribution in [-0.2, 0) is 6.54 Å². The summed E-state index contributed by atoms with van der Waals surface area (Å²) in [7, 11) is 4.13. The number of halogens is 1. The van der Waals surface area contributed by atoms with E-state index in [4.69, 9.17) is 11.6 Å². The highest BCUT2D eigenvalue weighted by Crippen LogP contribution is 2.31. The Balaban J connectivity index is 2.14. The SMILES string of the molecule is CNCc1c(Cl)cccc1N(C)CC1CCC1. The first-order valence-electron chi connectivity index (χ1n) is 6.35. The number of hydrogen-bond acceptors (Lipinski definition) is 2. The first-order chi connectivity index (χ1) is 8.22. The third kappa shape index (κ3) is 2.93. The van der Waals surface area contributed by atoms with Gasteiger partial charge in [0.25, 0.3) is 0 Å². The molecule has 0 spiro atoms. The Morgan fingerprint density at radius 3 is 2.76 bits per heavy atom. The van der Waals surface area contributed by atoms with E-state index >= 15 is 0 Å². The third-order valence-corrected chi connectivity index (χ3v) is 3.97. The minimum Gasteiger partial charge on any atom is -0.374 e. The first kappa shape index (κ1) is 12.7. The lowest BCUT2D eigenvalue weighted by Gasteiger charge is -2.32. The summed E-state index contributed by atoms with van der Waals surface area (Å²) >= 11 is 6.27. The summed E-state index contributed by atoms with van der Waals surface area (Å²) in [6, 6.07) is 6.17. The molecule has 0 saturated heterocycles. The molecule has 94 valence electrons. The van der Waals surface area contributed by atoms with Crippen LogP contribution in [0, 0.1) is 5.92 Å². The van der Waals surface area contributed by atoms with Gasteiger partial charge in [-0.25, -0.2) is 0 Å². The molecule has 1 fully saturated rings. The van der Waals surface area contributed by atoms with Gasteiger partial charge in [0, 0.05) is 36.4 Å². The zero-order valence-electron chi connectivity index (χ0n) is 10.7. The standard InChI is InChI=1S/C14H21ClN2/c1-16-9-12-13(15)7-4-8-14(12)17(2)10-11-5-3-6-11/h4,7-8,11,16H,3,5-6,9-10H2,1-2H3. The zero-order valence-corrected chi connectivity index (χ0v) is 11.4. The number of nitrogens with one attached hydrogen (secondary N) is 1. The van der Waals surface area contributed by atoms with Gasteiger partial charge in [-0.1, -0.05) is 24.1 Å². The average Bonchev–Trinajstić information content (AvgIpc) is 2.26. The molecule has 0 radical (unpaired) electrons. The van der Waals surface area contributed by atoms with E-state index in [1.165, 1.54) is 30.5 Å². The Bertz CT molecular complexity index is 374. The molecular formula is C14H21ClN2. The van der Waals surface area contributed by atoms with Crippen molar-refractivity contribution in [3.05, 3.63) is 28.8 Å². The summed E-state index contributed by atoms with van der Waals surface area (Å²) in [4.78, 5) is 2.35. The van der Waals surface area contributed by atoms with Gasteiger partial charge in [-0.2, -0.15) is 0 Å². The molecule has 0 aliphatic heterocycles. The largest absolute Gasteiger partial charge is 0.374 e. The quantitative estimate of drug-likeness (QED) is 0.865. The van der Waals surface area contributed by atoms with Gasteiger partial charge in [0.05, 0.1) is 0 Å². The Kier molecular flexibility index (Phi) is 4.30. The summed E-state index contributed by atoms with van der Waals surface area (Å²) in [6.07, 6.45) is 4.16. The van der Waals surface area contributed by atoms with Crippen molar-refractivity contribution in [2.45, 2.75) is 25.8 Å². The fraction of sp³-hybridized carbons (Fsp3) is 0.571. The van der Waals surface area contributed by atoms with Gasteiger partial charge >= 0.3 is 0 Å². The lowest BCUT2D eigenvalue weighted by atomic mass is 9.85. The molecule has 1 aliphatic rings. The fourth-order valence-electron chi connectivity index (χ4n) is 2.42. The van der Waals surface area contributed by atoms with E-state index in [9.17, 15) is 0 Å². The molecule has 1 saturated carbocycles. The molecule has 0 aromatic heterocycles. The fourth-order valence-corrected chi connectivity index (χ4v) is 2.65. The minimum atomic E-state index is 0.823. The number of hydrogen-bond donors (Lipinski definition) is 1. The monoisotopic (exact) mass is 252 g/mol. The first-order valence-corrected chi connectivity index (χ1v) is 6.73. The van der Waals surface area contributed by atoms with Crippen LogP contribution in [0.25, 0.3) is 0 Å². The van der Waals surface area contributed by atoms with E-state index in [0.29, 0.717) is 0 Å². The summed E-state index contributed by atoms with van der Waals surface area (Å²) < 4.78 is 0. The number of benzene rings is 1. The summed E-state index contributed by atoms with van der Waals surface area (Å²) in [5.74, 6) is 0.876. The molecule has 0 atom stereocenters. The number of anilines is 1. The van der Waals surface area contributed by atoms with Crippen LogP contribution in [-0.4, -0.2) is 20.6 Å². The van der Waals surface area contributed by atoms with Crippen LogP contribution in [0.1, 0.15) is 24.8 Å². The Labute approximate surface area is 109 Å². The lowest BCUT2D eigenvalue weighted by Crippen LogP contribution is -2.30. The Hall–Kier alpha value is -0.730. The van der Waals surface area contributed by atoms with Crippen LogP contribution >= 0.6 is 11.6 Å². The van der Waals surface area contributed by atoms with Crippen molar-refractivity contribution in [3.63, 3.8) is 0 Å². The van der Waals surface area contributed by atoms with Crippen LogP contribution in [0.3, 0.4) is 0 Å². The summed E-state index contributed by atoms with van der Waals surface area (Å²) in [5, 5.41) is 4.05. The molecule has 0 heterocycles. The van der Waals surface area contributed by atoms with Crippen LogP contribution in [0.2, 0.25) is 5.02 Å². The second kappa shape index (κ2) is 5.74. The molecule has 0 bridgehead atoms. The molecule has 0 unspecified atom stereocenters. The van der Waals surface area contributed by atoms with E-state index in [2.05, 4.69) is 23.3 Å². The molecule has 17 heavy (non-hydrogen) atoms. The van der Waals surface area contributed by atoms with Gasteiger partial charge in [0.15, 0.2) is 0 Å². The van der Waals surface area contributed by atoms with E-state index in [1.807, 2.05) is 19.2 Å². The van der Waals surface area contributed by atoms with Crippen molar-refractivity contribution in [1.29, 1.82) is 0 Å². The highest BCUT2D eigenvalue weighted by Gasteiger charge is 2.20. The normalized spacial score (nSPS) is 15.7. The predicted molar refractivity (Wildman–Crippen MR) is 74.8 cm³/mol. The molecule has 1 aromatic rings. The maximum absolute atomic E-state index is 6.27. The summed E-state index contributed by atoms with van der Waals surface area (Å²) in [6.45, 7) is 1.97. The third-order valence-electron chi connectivity index (χ3n) is 3.62. The van der Waals surface area contributed by atoms with Crippen molar-refractivity contribution in [2.75, 3.05) is 25.5 Å². The smallest absolute Gasteiger partial charge is 0.0471 e. The second-order valence-corrected chi connectivity index (χ2v) is 5.35. The maximum Gasteiger partial charge on any atom is 0.0471 e. The topological polar surface area (TPSA) is 15.3 Å². The van der Waals surface area contributed by atoms with Crippen molar-refractivity contribution >= 4 is 17.3 Å². The van der Waals surface area contributed by atoms with Crippen molar-refractivity contribution in [1.82, 2.24) is 5.32 Å². The van der Waals surface area contributed by atoms with E-state index in [1.54, 1.807) is 0 Å². The van der Waals surface area contributed by atoms with Crippen LogP contribution in [0.15, 0.2) is 18.2 Å². The van der Waals surface area contributed by atoms with E-state index in [-0.39, 0.29) is 0 Å². The zero-order chi connectivity index (χ0) is 12.3. The number of rotatable bonds is 5.